The third-order valence-electron chi connectivity index (χ3n) is 3.38. The van der Waals surface area contributed by atoms with Gasteiger partial charge in [0.05, 0.1) is 0 Å². The van der Waals surface area contributed by atoms with Crippen molar-refractivity contribution in [1.82, 2.24) is 15.3 Å². The number of ether oxygens (including phenoxy) is 1. The summed E-state index contributed by atoms with van der Waals surface area (Å²) in [5.41, 5.74) is 0.914. The molecule has 4 heteroatoms. The minimum Gasteiger partial charge on any atom is -0.370 e. The van der Waals surface area contributed by atoms with E-state index in [0.29, 0.717) is 6.04 Å². The zero-order valence-electron chi connectivity index (χ0n) is 10.9. The maximum atomic E-state index is 5.56. The Morgan fingerprint density at radius 2 is 2.00 bits per heavy atom. The quantitative estimate of drug-likeness (QED) is 0.848. The Labute approximate surface area is 103 Å². The van der Waals surface area contributed by atoms with E-state index in [2.05, 4.69) is 29.1 Å². The van der Waals surface area contributed by atoms with Crippen molar-refractivity contribution in [3.8, 4) is 0 Å². The van der Waals surface area contributed by atoms with Crippen molar-refractivity contribution in [3.63, 3.8) is 0 Å². The number of methoxy groups -OCH3 is 1. The molecular weight excluding hydrogens is 214 g/mol. The van der Waals surface area contributed by atoms with E-state index in [1.54, 1.807) is 7.11 Å². The van der Waals surface area contributed by atoms with Crippen LogP contribution < -0.4 is 5.32 Å². The molecule has 0 radical (unpaired) electrons. The molecule has 1 aromatic rings. The smallest absolute Gasteiger partial charge is 0.160 e. The van der Waals surface area contributed by atoms with Crippen LogP contribution in [0.5, 0.6) is 0 Å². The molecule has 1 aliphatic carbocycles. The fourth-order valence-electron chi connectivity index (χ4n) is 2.02. The van der Waals surface area contributed by atoms with Gasteiger partial charge in [-0.3, -0.25) is 0 Å². The first-order valence-corrected chi connectivity index (χ1v) is 6.26. The Kier molecular flexibility index (Phi) is 3.74. The van der Waals surface area contributed by atoms with Gasteiger partial charge in [0.25, 0.3) is 0 Å². The van der Waals surface area contributed by atoms with Gasteiger partial charge in [0.15, 0.2) is 5.82 Å². The topological polar surface area (TPSA) is 47.0 Å². The van der Waals surface area contributed by atoms with Gasteiger partial charge in [-0.1, -0.05) is 13.8 Å². The molecule has 0 atom stereocenters. The lowest BCUT2D eigenvalue weighted by molar-refractivity contribution is -0.0847. The zero-order valence-corrected chi connectivity index (χ0v) is 10.9. The Morgan fingerprint density at radius 3 is 2.41 bits per heavy atom. The summed E-state index contributed by atoms with van der Waals surface area (Å²) in [6, 6.07) is 0.478. The standard InChI is InChI=1S/C13H21N3O/c1-10(2)14-7-11-8-15-12(16-9-11)13(17-3)5-4-6-13/h8-10,14H,4-7H2,1-3H3. The molecule has 0 unspecified atom stereocenters. The van der Waals surface area contributed by atoms with Crippen LogP contribution in [0, 0.1) is 0 Å². The first kappa shape index (κ1) is 12.5. The van der Waals surface area contributed by atoms with Crippen molar-refractivity contribution in [2.24, 2.45) is 0 Å². The van der Waals surface area contributed by atoms with E-state index in [1.165, 1.54) is 6.42 Å². The number of hydrogen-bond donors (Lipinski definition) is 1. The summed E-state index contributed by atoms with van der Waals surface area (Å²) in [7, 11) is 1.75. The molecule has 1 heterocycles. The number of rotatable bonds is 5. The highest BCUT2D eigenvalue weighted by Gasteiger charge is 2.41. The van der Waals surface area contributed by atoms with Gasteiger partial charge < -0.3 is 10.1 Å². The van der Waals surface area contributed by atoms with Crippen LogP contribution in [0.3, 0.4) is 0 Å². The van der Waals surface area contributed by atoms with Gasteiger partial charge in [-0.2, -0.15) is 0 Å². The fourth-order valence-corrected chi connectivity index (χ4v) is 2.02. The Balaban J connectivity index is 2.02. The molecule has 2 rings (SSSR count). The lowest BCUT2D eigenvalue weighted by Gasteiger charge is -2.38. The van der Waals surface area contributed by atoms with Gasteiger partial charge in [0.1, 0.15) is 5.60 Å². The molecule has 17 heavy (non-hydrogen) atoms. The Morgan fingerprint density at radius 1 is 1.35 bits per heavy atom. The fraction of sp³-hybridized carbons (Fsp3) is 0.692. The van der Waals surface area contributed by atoms with Crippen LogP contribution in [0.4, 0.5) is 0 Å². The normalized spacial score (nSPS) is 18.1. The lowest BCUT2D eigenvalue weighted by atomic mass is 9.79. The minimum atomic E-state index is -0.204. The molecule has 1 aliphatic rings. The Bertz CT molecular complexity index is 352. The second-order valence-corrected chi connectivity index (χ2v) is 5.00. The first-order valence-electron chi connectivity index (χ1n) is 6.26. The molecule has 94 valence electrons. The summed E-state index contributed by atoms with van der Waals surface area (Å²) in [5.74, 6) is 0.833. The molecule has 0 saturated heterocycles. The number of hydrogen-bond acceptors (Lipinski definition) is 4. The van der Waals surface area contributed by atoms with Gasteiger partial charge >= 0.3 is 0 Å². The van der Waals surface area contributed by atoms with E-state index in [4.69, 9.17) is 4.74 Å². The summed E-state index contributed by atoms with van der Waals surface area (Å²) < 4.78 is 5.56. The second kappa shape index (κ2) is 5.10. The van der Waals surface area contributed by atoms with Crippen LogP contribution in [-0.4, -0.2) is 23.1 Å². The first-order chi connectivity index (χ1) is 8.16. The third-order valence-corrected chi connectivity index (χ3v) is 3.38. The van der Waals surface area contributed by atoms with Crippen molar-refractivity contribution in [2.75, 3.05) is 7.11 Å². The van der Waals surface area contributed by atoms with E-state index in [9.17, 15) is 0 Å². The van der Waals surface area contributed by atoms with Crippen molar-refractivity contribution >= 4 is 0 Å². The van der Waals surface area contributed by atoms with E-state index in [0.717, 1.165) is 30.8 Å². The van der Waals surface area contributed by atoms with E-state index < -0.39 is 0 Å². The largest absolute Gasteiger partial charge is 0.370 e. The third kappa shape index (κ3) is 2.64. The maximum Gasteiger partial charge on any atom is 0.160 e. The summed E-state index contributed by atoms with van der Waals surface area (Å²) in [5, 5.41) is 3.35. The SMILES string of the molecule is COC1(c2ncc(CNC(C)C)cn2)CCC1. The van der Waals surface area contributed by atoms with Crippen LogP contribution in [0.2, 0.25) is 0 Å². The highest BCUT2D eigenvalue weighted by atomic mass is 16.5. The summed E-state index contributed by atoms with van der Waals surface area (Å²) in [4.78, 5) is 8.89. The monoisotopic (exact) mass is 235 g/mol. The molecule has 1 N–H and O–H groups in total. The van der Waals surface area contributed by atoms with Gasteiger partial charge in [0, 0.05) is 37.7 Å². The summed E-state index contributed by atoms with van der Waals surface area (Å²) in [6.45, 7) is 5.07. The van der Waals surface area contributed by atoms with Crippen LogP contribution in [-0.2, 0) is 16.9 Å². The van der Waals surface area contributed by atoms with E-state index in [-0.39, 0.29) is 5.60 Å². The zero-order chi connectivity index (χ0) is 12.3. The van der Waals surface area contributed by atoms with E-state index >= 15 is 0 Å². The van der Waals surface area contributed by atoms with E-state index in [1.807, 2.05) is 12.4 Å². The maximum absolute atomic E-state index is 5.56. The molecule has 0 bridgehead atoms. The molecule has 0 aromatic carbocycles. The van der Waals surface area contributed by atoms with Crippen molar-refractivity contribution in [1.29, 1.82) is 0 Å². The number of nitrogens with zero attached hydrogens (tertiary/aromatic N) is 2. The molecule has 4 nitrogen and oxygen atoms in total. The molecule has 0 aliphatic heterocycles. The van der Waals surface area contributed by atoms with Crippen molar-refractivity contribution in [3.05, 3.63) is 23.8 Å². The average Bonchev–Trinajstić information content (AvgIpc) is 2.27. The predicted octanol–water partition coefficient (Wildman–Crippen LogP) is 2.00. The molecule has 1 aromatic heterocycles. The average molecular weight is 235 g/mol. The van der Waals surface area contributed by atoms with Gasteiger partial charge in [0.2, 0.25) is 0 Å². The summed E-state index contributed by atoms with van der Waals surface area (Å²) in [6.07, 6.45) is 7.07. The molecule has 0 amide bonds. The molecular formula is C13H21N3O. The van der Waals surface area contributed by atoms with Crippen LogP contribution in [0.25, 0.3) is 0 Å². The number of nitrogens with one attached hydrogen (secondary N) is 1. The minimum absolute atomic E-state index is 0.204. The number of aromatic nitrogens is 2. The van der Waals surface area contributed by atoms with Crippen LogP contribution in [0.1, 0.15) is 44.5 Å². The Hall–Kier alpha value is -1.00. The molecule has 1 saturated carbocycles. The van der Waals surface area contributed by atoms with Gasteiger partial charge in [-0.05, 0) is 19.3 Å². The van der Waals surface area contributed by atoms with Gasteiger partial charge in [-0.25, -0.2) is 9.97 Å². The molecule has 1 fully saturated rings. The van der Waals surface area contributed by atoms with Crippen LogP contribution in [0.15, 0.2) is 12.4 Å². The predicted molar refractivity (Wildman–Crippen MR) is 66.5 cm³/mol. The van der Waals surface area contributed by atoms with Gasteiger partial charge in [-0.15, -0.1) is 0 Å². The van der Waals surface area contributed by atoms with Crippen LogP contribution >= 0.6 is 0 Å². The lowest BCUT2D eigenvalue weighted by Crippen LogP contribution is -2.38. The highest BCUT2D eigenvalue weighted by Crippen LogP contribution is 2.42. The highest BCUT2D eigenvalue weighted by molar-refractivity contribution is 5.12. The molecule has 0 spiro atoms. The second-order valence-electron chi connectivity index (χ2n) is 5.00. The van der Waals surface area contributed by atoms with Crippen molar-refractivity contribution < 1.29 is 4.74 Å². The van der Waals surface area contributed by atoms with Crippen molar-refractivity contribution in [2.45, 2.75) is 51.3 Å². The summed E-state index contributed by atoms with van der Waals surface area (Å²) >= 11 is 0.